The van der Waals surface area contributed by atoms with Crippen molar-refractivity contribution in [2.24, 2.45) is 5.92 Å². The average Bonchev–Trinajstić information content (AvgIpc) is 2.94. The number of aromatic nitrogens is 3. The highest BCUT2D eigenvalue weighted by molar-refractivity contribution is 5.94. The molecule has 6 nitrogen and oxygen atoms in total. The Balaban J connectivity index is 1.83. The van der Waals surface area contributed by atoms with E-state index in [2.05, 4.69) is 51.8 Å². The Kier molecular flexibility index (Phi) is 7.06. The molecular weight excluding hydrogens is 362 g/mol. The number of hydrogen-bond acceptors (Lipinski definition) is 4. The van der Waals surface area contributed by atoms with Gasteiger partial charge in [0.1, 0.15) is 5.82 Å². The van der Waals surface area contributed by atoms with Crippen molar-refractivity contribution < 1.29 is 4.79 Å². The molecule has 1 amide bonds. The molecule has 1 aromatic carbocycles. The summed E-state index contributed by atoms with van der Waals surface area (Å²) in [7, 11) is 0. The van der Waals surface area contributed by atoms with Crippen LogP contribution in [0.25, 0.3) is 0 Å². The average molecular weight is 398 g/mol. The molecule has 0 fully saturated rings. The minimum absolute atomic E-state index is 0.0407. The lowest BCUT2D eigenvalue weighted by atomic mass is 10.0. The number of carbonyl (C=O) groups excluding carboxylic acids is 1. The van der Waals surface area contributed by atoms with E-state index in [0.717, 1.165) is 68.2 Å². The monoisotopic (exact) mass is 397 g/mol. The Labute approximate surface area is 174 Å². The third kappa shape index (κ3) is 5.44. The fraction of sp³-hybridized carbons (Fsp3) is 0.609. The molecule has 2 heterocycles. The maximum atomic E-state index is 13.0. The number of carbonyl (C=O) groups is 1. The fourth-order valence-electron chi connectivity index (χ4n) is 4.23. The second-order valence-electron chi connectivity index (χ2n) is 8.75. The van der Waals surface area contributed by atoms with Crippen molar-refractivity contribution in [1.82, 2.24) is 25.0 Å². The van der Waals surface area contributed by atoms with Crippen LogP contribution in [0.1, 0.15) is 72.8 Å². The molecule has 29 heavy (non-hydrogen) atoms. The molecular formula is C23H35N5O. The van der Waals surface area contributed by atoms with Crippen molar-refractivity contribution in [3.8, 4) is 0 Å². The van der Waals surface area contributed by atoms with Crippen molar-refractivity contribution in [3.05, 3.63) is 46.5 Å². The lowest BCUT2D eigenvalue weighted by Crippen LogP contribution is -2.32. The summed E-state index contributed by atoms with van der Waals surface area (Å²) in [5.74, 6) is 2.33. The van der Waals surface area contributed by atoms with Crippen molar-refractivity contribution in [2.45, 2.75) is 66.5 Å². The molecule has 0 bridgehead atoms. The minimum Gasteiger partial charge on any atom is -0.342 e. The molecule has 1 N–H and O–H groups in total. The Morgan fingerprint density at radius 2 is 1.83 bits per heavy atom. The van der Waals surface area contributed by atoms with Gasteiger partial charge in [0, 0.05) is 31.6 Å². The Hall–Kier alpha value is -2.21. The fourth-order valence-corrected chi connectivity index (χ4v) is 4.23. The highest BCUT2D eigenvalue weighted by atomic mass is 16.1. The molecule has 1 atom stereocenters. The predicted molar refractivity (Wildman–Crippen MR) is 116 cm³/mol. The van der Waals surface area contributed by atoms with Gasteiger partial charge in [0.25, 0.3) is 5.91 Å². The van der Waals surface area contributed by atoms with Gasteiger partial charge in [-0.05, 0) is 51.3 Å². The van der Waals surface area contributed by atoms with Gasteiger partial charge in [-0.1, -0.05) is 38.0 Å². The van der Waals surface area contributed by atoms with Gasteiger partial charge < -0.3 is 14.8 Å². The molecule has 0 radical (unpaired) electrons. The predicted octanol–water partition coefficient (Wildman–Crippen LogP) is 3.68. The third-order valence-electron chi connectivity index (χ3n) is 5.50. The van der Waals surface area contributed by atoms with Crippen LogP contribution in [0.2, 0.25) is 0 Å². The molecule has 158 valence electrons. The maximum Gasteiger partial charge on any atom is 0.251 e. The molecule has 2 aromatic rings. The van der Waals surface area contributed by atoms with E-state index in [-0.39, 0.29) is 11.9 Å². The summed E-state index contributed by atoms with van der Waals surface area (Å²) < 4.78 is 2.24. The van der Waals surface area contributed by atoms with Crippen molar-refractivity contribution in [1.29, 1.82) is 0 Å². The molecule has 0 saturated carbocycles. The number of fused-ring (bicyclic) bond motifs is 1. The van der Waals surface area contributed by atoms with Crippen molar-refractivity contribution >= 4 is 5.91 Å². The smallest absolute Gasteiger partial charge is 0.251 e. The standard InChI is InChI=1S/C23H35N5O/c1-6-8-27-9-7-21-25-26-22(28(21)11-10-27)20(12-16(2)3)24-23(29)19-14-17(4)13-18(5)15-19/h13-16,20H,6-12H2,1-5H3,(H,24,29)/t20-/m1/s1. The summed E-state index contributed by atoms with van der Waals surface area (Å²) in [6.07, 6.45) is 2.91. The number of nitrogens with zero attached hydrogens (tertiary/aromatic N) is 4. The second-order valence-corrected chi connectivity index (χ2v) is 8.75. The van der Waals surface area contributed by atoms with Gasteiger partial charge in [-0.15, -0.1) is 10.2 Å². The van der Waals surface area contributed by atoms with E-state index in [9.17, 15) is 4.79 Å². The normalized spacial score (nSPS) is 15.8. The molecule has 1 aromatic heterocycles. The first kappa shape index (κ1) is 21.5. The third-order valence-corrected chi connectivity index (χ3v) is 5.50. The van der Waals surface area contributed by atoms with Crippen LogP contribution in [-0.2, 0) is 13.0 Å². The van der Waals surface area contributed by atoms with E-state index < -0.39 is 0 Å². The maximum absolute atomic E-state index is 13.0. The number of aryl methyl sites for hydroxylation is 2. The Morgan fingerprint density at radius 1 is 1.10 bits per heavy atom. The first-order valence-corrected chi connectivity index (χ1v) is 10.9. The summed E-state index contributed by atoms with van der Waals surface area (Å²) in [6, 6.07) is 5.84. The summed E-state index contributed by atoms with van der Waals surface area (Å²) >= 11 is 0. The summed E-state index contributed by atoms with van der Waals surface area (Å²) in [4.78, 5) is 15.5. The first-order valence-electron chi connectivity index (χ1n) is 10.9. The lowest BCUT2D eigenvalue weighted by Gasteiger charge is -2.22. The van der Waals surface area contributed by atoms with E-state index >= 15 is 0 Å². The van der Waals surface area contributed by atoms with Crippen LogP contribution in [0.15, 0.2) is 18.2 Å². The molecule has 1 aliphatic heterocycles. The van der Waals surface area contributed by atoms with Crippen LogP contribution < -0.4 is 5.32 Å². The lowest BCUT2D eigenvalue weighted by molar-refractivity contribution is 0.0928. The topological polar surface area (TPSA) is 63.1 Å². The van der Waals surface area contributed by atoms with Gasteiger partial charge in [-0.2, -0.15) is 0 Å². The first-order chi connectivity index (χ1) is 13.9. The minimum atomic E-state index is -0.137. The molecule has 0 aliphatic carbocycles. The van der Waals surface area contributed by atoms with Gasteiger partial charge in [0.15, 0.2) is 5.82 Å². The van der Waals surface area contributed by atoms with Gasteiger partial charge in [-0.3, -0.25) is 4.79 Å². The number of hydrogen-bond donors (Lipinski definition) is 1. The summed E-state index contributed by atoms with van der Waals surface area (Å²) in [5, 5.41) is 12.3. The van der Waals surface area contributed by atoms with Crippen molar-refractivity contribution in [2.75, 3.05) is 19.6 Å². The molecule has 3 rings (SSSR count). The van der Waals surface area contributed by atoms with Crippen LogP contribution >= 0.6 is 0 Å². The van der Waals surface area contributed by atoms with Gasteiger partial charge >= 0.3 is 0 Å². The van der Waals surface area contributed by atoms with Gasteiger partial charge in [-0.25, -0.2) is 0 Å². The molecule has 0 unspecified atom stereocenters. The van der Waals surface area contributed by atoms with E-state index in [1.54, 1.807) is 0 Å². The quantitative estimate of drug-likeness (QED) is 0.774. The zero-order valence-corrected chi connectivity index (χ0v) is 18.5. The summed E-state index contributed by atoms with van der Waals surface area (Å²) in [6.45, 7) is 14.7. The van der Waals surface area contributed by atoms with E-state index in [1.807, 2.05) is 26.0 Å². The zero-order valence-electron chi connectivity index (χ0n) is 18.5. The van der Waals surface area contributed by atoms with E-state index in [4.69, 9.17) is 0 Å². The van der Waals surface area contributed by atoms with Crippen LogP contribution in [0.5, 0.6) is 0 Å². The van der Waals surface area contributed by atoms with Crippen LogP contribution in [0.4, 0.5) is 0 Å². The van der Waals surface area contributed by atoms with Crippen LogP contribution in [-0.4, -0.2) is 45.2 Å². The van der Waals surface area contributed by atoms with Crippen molar-refractivity contribution in [3.63, 3.8) is 0 Å². The SMILES string of the molecule is CCCN1CCc2nnc([C@@H](CC(C)C)NC(=O)c3cc(C)cc(C)c3)n2CC1. The van der Waals surface area contributed by atoms with Crippen LogP contribution in [0, 0.1) is 19.8 Å². The Bertz CT molecular complexity index is 822. The molecule has 0 saturated heterocycles. The number of nitrogens with one attached hydrogen (secondary N) is 1. The molecule has 1 aliphatic rings. The van der Waals surface area contributed by atoms with Gasteiger partial charge in [0.05, 0.1) is 6.04 Å². The molecule has 0 spiro atoms. The highest BCUT2D eigenvalue weighted by Crippen LogP contribution is 2.23. The molecule has 6 heteroatoms. The van der Waals surface area contributed by atoms with E-state index in [0.29, 0.717) is 11.5 Å². The largest absolute Gasteiger partial charge is 0.342 e. The summed E-state index contributed by atoms with van der Waals surface area (Å²) in [5.41, 5.74) is 2.91. The number of amides is 1. The second kappa shape index (κ2) is 9.53. The van der Waals surface area contributed by atoms with Gasteiger partial charge in [0.2, 0.25) is 0 Å². The van der Waals surface area contributed by atoms with E-state index in [1.165, 1.54) is 0 Å². The highest BCUT2D eigenvalue weighted by Gasteiger charge is 2.26. The number of rotatable bonds is 7. The Morgan fingerprint density at radius 3 is 2.48 bits per heavy atom. The number of benzene rings is 1. The van der Waals surface area contributed by atoms with Crippen LogP contribution in [0.3, 0.4) is 0 Å². The zero-order chi connectivity index (χ0) is 21.0.